The zero-order valence-electron chi connectivity index (χ0n) is 13.9. The highest BCUT2D eigenvalue weighted by Gasteiger charge is 2.17. The van der Waals surface area contributed by atoms with Crippen molar-refractivity contribution in [1.82, 2.24) is 5.32 Å². The standard InChI is InChI=1S/C17H19ClN2O4S/c1-3-9-19-17(21)12-5-4-6-14(10-12)25(22,23)20-13-7-8-16(24-2)15(18)11-13/h4-8,10-11,20H,3,9H2,1-2H3,(H,19,21). The van der Waals surface area contributed by atoms with Crippen LogP contribution >= 0.6 is 11.6 Å². The van der Waals surface area contributed by atoms with Crippen LogP contribution in [-0.4, -0.2) is 28.0 Å². The average molecular weight is 383 g/mol. The van der Waals surface area contributed by atoms with Crippen molar-refractivity contribution in [3.05, 3.63) is 53.1 Å². The van der Waals surface area contributed by atoms with E-state index in [1.54, 1.807) is 18.2 Å². The quantitative estimate of drug-likeness (QED) is 0.769. The second kappa shape index (κ2) is 8.22. The van der Waals surface area contributed by atoms with Gasteiger partial charge < -0.3 is 10.1 Å². The van der Waals surface area contributed by atoms with Gasteiger partial charge in [0.25, 0.3) is 15.9 Å². The number of amides is 1. The van der Waals surface area contributed by atoms with Crippen LogP contribution in [0.2, 0.25) is 5.02 Å². The minimum absolute atomic E-state index is 0.0106. The average Bonchev–Trinajstić information content (AvgIpc) is 2.59. The number of carbonyl (C=O) groups excluding carboxylic acids is 1. The molecular weight excluding hydrogens is 364 g/mol. The molecule has 0 aliphatic rings. The Bertz CT molecular complexity index is 869. The van der Waals surface area contributed by atoms with E-state index in [9.17, 15) is 13.2 Å². The molecule has 8 heteroatoms. The molecule has 2 aromatic carbocycles. The summed E-state index contributed by atoms with van der Waals surface area (Å²) in [6, 6.07) is 10.4. The number of hydrogen-bond donors (Lipinski definition) is 2. The van der Waals surface area contributed by atoms with Gasteiger partial charge in [0, 0.05) is 12.1 Å². The Balaban J connectivity index is 2.24. The van der Waals surface area contributed by atoms with Gasteiger partial charge in [-0.15, -0.1) is 0 Å². The van der Waals surface area contributed by atoms with Crippen LogP contribution in [0.4, 0.5) is 5.69 Å². The number of anilines is 1. The zero-order chi connectivity index (χ0) is 18.4. The summed E-state index contributed by atoms with van der Waals surface area (Å²) in [5, 5.41) is 3.00. The second-order valence-electron chi connectivity index (χ2n) is 5.24. The number of rotatable bonds is 7. The van der Waals surface area contributed by atoms with Crippen LogP contribution in [0.15, 0.2) is 47.4 Å². The molecule has 134 valence electrons. The van der Waals surface area contributed by atoms with Gasteiger partial charge in [0.1, 0.15) is 5.75 Å². The minimum atomic E-state index is -3.86. The number of hydrogen-bond acceptors (Lipinski definition) is 4. The second-order valence-corrected chi connectivity index (χ2v) is 7.33. The number of sulfonamides is 1. The van der Waals surface area contributed by atoms with E-state index < -0.39 is 10.0 Å². The van der Waals surface area contributed by atoms with Crippen molar-refractivity contribution in [1.29, 1.82) is 0 Å². The number of halogens is 1. The molecule has 0 aliphatic heterocycles. The van der Waals surface area contributed by atoms with Crippen molar-refractivity contribution < 1.29 is 17.9 Å². The molecule has 0 radical (unpaired) electrons. The molecule has 0 aliphatic carbocycles. The SMILES string of the molecule is CCCNC(=O)c1cccc(S(=O)(=O)Nc2ccc(OC)c(Cl)c2)c1. The van der Waals surface area contributed by atoms with E-state index in [1.165, 1.54) is 31.4 Å². The largest absolute Gasteiger partial charge is 0.495 e. The van der Waals surface area contributed by atoms with Crippen molar-refractivity contribution in [3.8, 4) is 5.75 Å². The summed E-state index contributed by atoms with van der Waals surface area (Å²) in [5.74, 6) is 0.130. The van der Waals surface area contributed by atoms with Crippen LogP contribution in [0.25, 0.3) is 0 Å². The monoisotopic (exact) mass is 382 g/mol. The van der Waals surface area contributed by atoms with E-state index in [0.29, 0.717) is 18.0 Å². The summed E-state index contributed by atoms with van der Waals surface area (Å²) in [5.41, 5.74) is 0.579. The Hall–Kier alpha value is -2.25. The number of benzene rings is 2. The van der Waals surface area contributed by atoms with E-state index in [1.807, 2.05) is 6.92 Å². The highest BCUT2D eigenvalue weighted by atomic mass is 35.5. The molecule has 6 nitrogen and oxygen atoms in total. The number of ether oxygens (including phenoxy) is 1. The maximum absolute atomic E-state index is 12.5. The summed E-state index contributed by atoms with van der Waals surface area (Å²) in [7, 11) is -2.38. The Morgan fingerprint density at radius 1 is 1.20 bits per heavy atom. The summed E-state index contributed by atoms with van der Waals surface area (Å²) >= 11 is 6.01. The maximum Gasteiger partial charge on any atom is 0.261 e. The molecule has 0 saturated heterocycles. The molecule has 25 heavy (non-hydrogen) atoms. The lowest BCUT2D eigenvalue weighted by atomic mass is 10.2. The molecule has 0 aromatic heterocycles. The van der Waals surface area contributed by atoms with Gasteiger partial charge in [-0.1, -0.05) is 24.6 Å². The minimum Gasteiger partial charge on any atom is -0.495 e. The molecule has 0 fully saturated rings. The molecule has 0 atom stereocenters. The topological polar surface area (TPSA) is 84.5 Å². The van der Waals surface area contributed by atoms with Crippen molar-refractivity contribution >= 4 is 33.2 Å². The van der Waals surface area contributed by atoms with E-state index in [4.69, 9.17) is 16.3 Å². The Morgan fingerprint density at radius 3 is 2.60 bits per heavy atom. The van der Waals surface area contributed by atoms with E-state index in [-0.39, 0.29) is 21.4 Å². The molecule has 0 saturated carbocycles. The summed E-state index contributed by atoms with van der Waals surface area (Å²) < 4.78 is 32.6. The van der Waals surface area contributed by atoms with Crippen LogP contribution < -0.4 is 14.8 Å². The fourth-order valence-electron chi connectivity index (χ4n) is 2.09. The molecule has 0 spiro atoms. The van der Waals surface area contributed by atoms with Crippen LogP contribution in [0.1, 0.15) is 23.7 Å². The van der Waals surface area contributed by atoms with E-state index >= 15 is 0 Å². The van der Waals surface area contributed by atoms with Gasteiger partial charge in [0.05, 0.1) is 22.7 Å². The summed E-state index contributed by atoms with van der Waals surface area (Å²) in [6.45, 7) is 2.46. The lowest BCUT2D eigenvalue weighted by Gasteiger charge is -2.11. The van der Waals surface area contributed by atoms with Gasteiger partial charge in [0.15, 0.2) is 0 Å². The van der Waals surface area contributed by atoms with Gasteiger partial charge >= 0.3 is 0 Å². The van der Waals surface area contributed by atoms with Crippen molar-refractivity contribution in [2.75, 3.05) is 18.4 Å². The van der Waals surface area contributed by atoms with Gasteiger partial charge in [0.2, 0.25) is 0 Å². The van der Waals surface area contributed by atoms with Crippen LogP contribution in [0, 0.1) is 0 Å². The van der Waals surface area contributed by atoms with Crippen molar-refractivity contribution in [2.24, 2.45) is 0 Å². The molecule has 0 unspecified atom stereocenters. The molecule has 2 N–H and O–H groups in total. The highest BCUT2D eigenvalue weighted by molar-refractivity contribution is 7.92. The smallest absolute Gasteiger partial charge is 0.261 e. The highest BCUT2D eigenvalue weighted by Crippen LogP contribution is 2.28. The first kappa shape index (κ1) is 19.1. The van der Waals surface area contributed by atoms with Gasteiger partial charge in [-0.3, -0.25) is 9.52 Å². The Morgan fingerprint density at radius 2 is 1.96 bits per heavy atom. The number of carbonyl (C=O) groups is 1. The van der Waals surface area contributed by atoms with Crippen molar-refractivity contribution in [2.45, 2.75) is 18.2 Å². The molecule has 2 rings (SSSR count). The molecular formula is C17H19ClN2O4S. The predicted molar refractivity (Wildman–Crippen MR) is 97.9 cm³/mol. The first-order valence-electron chi connectivity index (χ1n) is 7.62. The molecule has 0 bridgehead atoms. The lowest BCUT2D eigenvalue weighted by Crippen LogP contribution is -2.24. The molecule has 2 aromatic rings. The van der Waals surface area contributed by atoms with Crippen LogP contribution in [0.5, 0.6) is 5.75 Å². The van der Waals surface area contributed by atoms with Crippen LogP contribution in [-0.2, 0) is 10.0 Å². The molecule has 1 amide bonds. The Kier molecular flexibility index (Phi) is 6.27. The first-order valence-corrected chi connectivity index (χ1v) is 9.48. The third-order valence-corrected chi connectivity index (χ3v) is 5.02. The van der Waals surface area contributed by atoms with Gasteiger partial charge in [-0.25, -0.2) is 8.42 Å². The summed E-state index contributed by atoms with van der Waals surface area (Å²) in [6.07, 6.45) is 0.795. The van der Waals surface area contributed by atoms with Gasteiger partial charge in [-0.2, -0.15) is 0 Å². The Labute approximate surface area is 152 Å². The van der Waals surface area contributed by atoms with E-state index in [0.717, 1.165) is 6.42 Å². The first-order chi connectivity index (χ1) is 11.9. The fraction of sp³-hybridized carbons (Fsp3) is 0.235. The summed E-state index contributed by atoms with van der Waals surface area (Å²) in [4.78, 5) is 12.0. The zero-order valence-corrected chi connectivity index (χ0v) is 15.4. The lowest BCUT2D eigenvalue weighted by molar-refractivity contribution is 0.0953. The number of methoxy groups -OCH3 is 1. The number of nitrogens with one attached hydrogen (secondary N) is 2. The maximum atomic E-state index is 12.5. The van der Waals surface area contributed by atoms with Crippen molar-refractivity contribution in [3.63, 3.8) is 0 Å². The fourth-order valence-corrected chi connectivity index (χ4v) is 3.44. The third kappa shape index (κ3) is 4.87. The van der Waals surface area contributed by atoms with E-state index in [2.05, 4.69) is 10.0 Å². The third-order valence-electron chi connectivity index (χ3n) is 3.35. The normalized spacial score (nSPS) is 11.0. The van der Waals surface area contributed by atoms with Gasteiger partial charge in [-0.05, 0) is 42.8 Å². The molecule has 0 heterocycles. The van der Waals surface area contributed by atoms with Crippen LogP contribution in [0.3, 0.4) is 0 Å². The predicted octanol–water partition coefficient (Wildman–Crippen LogP) is 3.29.